The second-order valence-electron chi connectivity index (χ2n) is 8.59. The molecule has 1 atom stereocenters. The molecule has 174 valence electrons. The van der Waals surface area contributed by atoms with Crippen molar-refractivity contribution in [3.05, 3.63) is 64.8 Å². The third kappa shape index (κ3) is 4.22. The summed E-state index contributed by atoms with van der Waals surface area (Å²) in [5.41, 5.74) is 4.41. The SMILES string of the molecule is CNC1CCN(C(=O)c2ccc(Nc3ncc4c(n3)-c3ccc(Cl)cc3N(C)C(=O)C4)cc2)C1. The van der Waals surface area contributed by atoms with Crippen LogP contribution in [0.2, 0.25) is 5.02 Å². The first-order valence-corrected chi connectivity index (χ1v) is 11.6. The van der Waals surface area contributed by atoms with E-state index in [0.717, 1.165) is 36.3 Å². The van der Waals surface area contributed by atoms with E-state index in [9.17, 15) is 9.59 Å². The van der Waals surface area contributed by atoms with E-state index in [1.807, 2.05) is 42.3 Å². The molecule has 2 amide bonds. The highest BCUT2D eigenvalue weighted by Crippen LogP contribution is 2.37. The molecular weight excluding hydrogens is 452 g/mol. The molecule has 9 heteroatoms. The average Bonchev–Trinajstić information content (AvgIpc) is 3.30. The summed E-state index contributed by atoms with van der Waals surface area (Å²) in [4.78, 5) is 38.0. The van der Waals surface area contributed by atoms with Crippen molar-refractivity contribution in [1.82, 2.24) is 20.2 Å². The number of halogens is 1. The normalized spacial score (nSPS) is 17.3. The molecule has 2 N–H and O–H groups in total. The van der Waals surface area contributed by atoms with Gasteiger partial charge in [-0.3, -0.25) is 9.59 Å². The van der Waals surface area contributed by atoms with E-state index >= 15 is 0 Å². The first-order chi connectivity index (χ1) is 16.4. The number of likely N-dealkylation sites (N-methyl/N-ethyl adjacent to an activating group) is 2. The van der Waals surface area contributed by atoms with Crippen LogP contribution in [0.5, 0.6) is 0 Å². The fourth-order valence-electron chi connectivity index (χ4n) is 4.42. The van der Waals surface area contributed by atoms with Crippen molar-refractivity contribution >= 4 is 40.7 Å². The van der Waals surface area contributed by atoms with E-state index in [2.05, 4.69) is 15.6 Å². The number of carbonyl (C=O) groups is 2. The number of likely N-dealkylation sites (tertiary alicyclic amines) is 1. The van der Waals surface area contributed by atoms with Gasteiger partial charge in [0.25, 0.3) is 5.91 Å². The maximum Gasteiger partial charge on any atom is 0.253 e. The highest BCUT2D eigenvalue weighted by Gasteiger charge is 2.27. The number of nitrogens with zero attached hydrogens (tertiary/aromatic N) is 4. The third-order valence-electron chi connectivity index (χ3n) is 6.43. The molecular formula is C25H25ClN6O2. The first kappa shape index (κ1) is 22.3. The molecule has 3 heterocycles. The van der Waals surface area contributed by atoms with Crippen LogP contribution in [-0.2, 0) is 11.2 Å². The van der Waals surface area contributed by atoms with Crippen molar-refractivity contribution in [2.75, 3.05) is 37.4 Å². The minimum Gasteiger partial charge on any atom is -0.337 e. The summed E-state index contributed by atoms with van der Waals surface area (Å²) in [6, 6.07) is 13.1. The van der Waals surface area contributed by atoms with E-state index in [1.165, 1.54) is 0 Å². The van der Waals surface area contributed by atoms with E-state index in [4.69, 9.17) is 16.6 Å². The summed E-state index contributed by atoms with van der Waals surface area (Å²) in [6.45, 7) is 1.49. The van der Waals surface area contributed by atoms with Gasteiger partial charge in [0.2, 0.25) is 11.9 Å². The Morgan fingerprint density at radius 3 is 2.71 bits per heavy atom. The zero-order valence-electron chi connectivity index (χ0n) is 19.0. The minimum absolute atomic E-state index is 0.0367. The van der Waals surface area contributed by atoms with Crippen LogP contribution >= 0.6 is 11.6 Å². The Hall–Kier alpha value is -3.49. The Bertz CT molecular complexity index is 1260. The van der Waals surface area contributed by atoms with Gasteiger partial charge in [-0.25, -0.2) is 9.97 Å². The van der Waals surface area contributed by atoms with Gasteiger partial charge in [0.05, 0.1) is 17.8 Å². The maximum absolute atomic E-state index is 12.8. The van der Waals surface area contributed by atoms with Crippen molar-refractivity contribution in [1.29, 1.82) is 0 Å². The lowest BCUT2D eigenvalue weighted by Gasteiger charge is -2.17. The summed E-state index contributed by atoms with van der Waals surface area (Å²) < 4.78 is 0. The third-order valence-corrected chi connectivity index (χ3v) is 6.66. The number of benzene rings is 2. The molecule has 1 fully saturated rings. The lowest BCUT2D eigenvalue weighted by Crippen LogP contribution is -2.33. The standard InChI is InChI=1S/C25H25ClN6O2/c1-27-19-9-10-32(14-19)24(34)15-3-6-18(7-4-15)29-25-28-13-16-11-22(33)31(2)21-12-17(26)5-8-20(21)23(16)30-25/h3-8,12-13,19,27H,9-11,14H2,1-2H3,(H,28,29,30). The van der Waals surface area contributed by atoms with Crippen LogP contribution in [0.15, 0.2) is 48.7 Å². The molecule has 5 rings (SSSR count). The number of aromatic nitrogens is 2. The molecule has 1 unspecified atom stereocenters. The van der Waals surface area contributed by atoms with Crippen LogP contribution in [0.3, 0.4) is 0 Å². The average molecular weight is 477 g/mol. The fourth-order valence-corrected chi connectivity index (χ4v) is 4.58. The predicted molar refractivity (Wildman–Crippen MR) is 133 cm³/mol. The van der Waals surface area contributed by atoms with Crippen molar-refractivity contribution in [2.24, 2.45) is 0 Å². The number of carbonyl (C=O) groups excluding carboxylic acids is 2. The highest BCUT2D eigenvalue weighted by molar-refractivity contribution is 6.31. The summed E-state index contributed by atoms with van der Waals surface area (Å²) in [6.07, 6.45) is 2.86. The van der Waals surface area contributed by atoms with Gasteiger partial charge in [-0.2, -0.15) is 0 Å². The van der Waals surface area contributed by atoms with Crippen molar-refractivity contribution in [3.63, 3.8) is 0 Å². The molecule has 0 radical (unpaired) electrons. The van der Waals surface area contributed by atoms with Gasteiger partial charge in [-0.05, 0) is 55.9 Å². The topological polar surface area (TPSA) is 90.5 Å². The van der Waals surface area contributed by atoms with Crippen LogP contribution in [0.4, 0.5) is 17.3 Å². The Morgan fingerprint density at radius 1 is 1.18 bits per heavy atom. The largest absolute Gasteiger partial charge is 0.337 e. The minimum atomic E-state index is -0.0501. The Kier molecular flexibility index (Phi) is 5.93. The van der Waals surface area contributed by atoms with Gasteiger partial charge >= 0.3 is 0 Å². The molecule has 0 aliphatic carbocycles. The number of amides is 2. The van der Waals surface area contributed by atoms with Crippen LogP contribution in [-0.4, -0.2) is 59.9 Å². The number of anilines is 3. The number of fused-ring (bicyclic) bond motifs is 3. The molecule has 8 nitrogen and oxygen atoms in total. The van der Waals surface area contributed by atoms with Crippen molar-refractivity contribution < 1.29 is 9.59 Å². The molecule has 1 aromatic heterocycles. The monoisotopic (exact) mass is 476 g/mol. The zero-order valence-corrected chi connectivity index (χ0v) is 19.8. The van der Waals surface area contributed by atoms with Gasteiger partial charge in [0.15, 0.2) is 0 Å². The molecule has 2 aliphatic rings. The molecule has 1 saturated heterocycles. The van der Waals surface area contributed by atoms with E-state index in [1.54, 1.807) is 30.3 Å². The van der Waals surface area contributed by atoms with Crippen LogP contribution in [0.1, 0.15) is 22.3 Å². The summed E-state index contributed by atoms with van der Waals surface area (Å²) in [7, 11) is 3.66. The van der Waals surface area contributed by atoms with Gasteiger partial charge in [0, 0.05) is 59.8 Å². The summed E-state index contributed by atoms with van der Waals surface area (Å²) >= 11 is 6.19. The van der Waals surface area contributed by atoms with Gasteiger partial charge < -0.3 is 20.4 Å². The maximum atomic E-state index is 12.8. The number of nitrogens with one attached hydrogen (secondary N) is 2. The van der Waals surface area contributed by atoms with Crippen LogP contribution in [0.25, 0.3) is 11.3 Å². The second-order valence-corrected chi connectivity index (χ2v) is 9.02. The van der Waals surface area contributed by atoms with E-state index in [0.29, 0.717) is 34.0 Å². The summed E-state index contributed by atoms with van der Waals surface area (Å²) in [5, 5.41) is 6.99. The summed E-state index contributed by atoms with van der Waals surface area (Å²) in [5.74, 6) is 0.396. The van der Waals surface area contributed by atoms with Crippen LogP contribution in [0, 0.1) is 0 Å². The first-order valence-electron chi connectivity index (χ1n) is 11.2. The molecule has 0 bridgehead atoms. The highest BCUT2D eigenvalue weighted by atomic mass is 35.5. The molecule has 0 spiro atoms. The van der Waals surface area contributed by atoms with E-state index in [-0.39, 0.29) is 18.2 Å². The van der Waals surface area contributed by atoms with Gasteiger partial charge in [0.1, 0.15) is 0 Å². The molecule has 0 saturated carbocycles. The lowest BCUT2D eigenvalue weighted by atomic mass is 10.1. The van der Waals surface area contributed by atoms with E-state index < -0.39 is 0 Å². The molecule has 3 aromatic rings. The zero-order chi connectivity index (χ0) is 23.8. The predicted octanol–water partition coefficient (Wildman–Crippen LogP) is 3.49. The quantitative estimate of drug-likeness (QED) is 0.599. The Morgan fingerprint density at radius 2 is 1.97 bits per heavy atom. The van der Waals surface area contributed by atoms with Crippen LogP contribution < -0.4 is 15.5 Å². The Balaban J connectivity index is 1.38. The van der Waals surface area contributed by atoms with Crippen molar-refractivity contribution in [2.45, 2.75) is 18.9 Å². The fraction of sp³-hybridized carbons (Fsp3) is 0.280. The Labute approximate surface area is 203 Å². The lowest BCUT2D eigenvalue weighted by molar-refractivity contribution is -0.117. The molecule has 34 heavy (non-hydrogen) atoms. The molecule has 2 aromatic carbocycles. The van der Waals surface area contributed by atoms with Gasteiger partial charge in [-0.15, -0.1) is 0 Å². The smallest absolute Gasteiger partial charge is 0.253 e. The second kappa shape index (κ2) is 9.04. The number of rotatable bonds is 4. The number of hydrogen-bond acceptors (Lipinski definition) is 6. The van der Waals surface area contributed by atoms with Crippen molar-refractivity contribution in [3.8, 4) is 11.3 Å². The van der Waals surface area contributed by atoms with Gasteiger partial charge in [-0.1, -0.05) is 11.6 Å². The number of hydrogen-bond donors (Lipinski definition) is 2. The molecule has 2 aliphatic heterocycles.